The molecule has 3 aromatic carbocycles. The summed E-state index contributed by atoms with van der Waals surface area (Å²) in [6, 6.07) is 19.3. The topological polar surface area (TPSA) is 105 Å². The number of sulfonamides is 1. The number of benzene rings is 3. The molecular formula is C32H41N3O6S. The van der Waals surface area contributed by atoms with Gasteiger partial charge in [0.1, 0.15) is 24.1 Å². The molecule has 1 atom stereocenters. The van der Waals surface area contributed by atoms with E-state index in [-0.39, 0.29) is 17.3 Å². The summed E-state index contributed by atoms with van der Waals surface area (Å²) >= 11 is 0. The number of ether oxygens (including phenoxy) is 2. The molecule has 2 amide bonds. The first kappa shape index (κ1) is 32.5. The van der Waals surface area contributed by atoms with Crippen LogP contribution in [0.1, 0.15) is 45.2 Å². The van der Waals surface area contributed by atoms with Gasteiger partial charge in [-0.1, -0.05) is 36.8 Å². The van der Waals surface area contributed by atoms with Crippen LogP contribution in [0.4, 0.5) is 5.69 Å². The summed E-state index contributed by atoms with van der Waals surface area (Å²) in [5, 5.41) is 2.97. The predicted molar refractivity (Wildman–Crippen MR) is 164 cm³/mol. The second-order valence-electron chi connectivity index (χ2n) is 11.1. The molecule has 3 rings (SSSR count). The number of rotatable bonds is 12. The van der Waals surface area contributed by atoms with Crippen molar-refractivity contribution in [3.8, 4) is 11.5 Å². The summed E-state index contributed by atoms with van der Waals surface area (Å²) in [5.41, 5.74) is 1.40. The summed E-state index contributed by atoms with van der Waals surface area (Å²) in [6.07, 6.45) is 0.324. The van der Waals surface area contributed by atoms with Crippen LogP contribution < -0.4 is 19.1 Å². The van der Waals surface area contributed by atoms with Gasteiger partial charge in [-0.25, -0.2) is 8.42 Å². The van der Waals surface area contributed by atoms with E-state index in [0.717, 1.165) is 15.4 Å². The molecule has 0 aromatic heterocycles. The van der Waals surface area contributed by atoms with Gasteiger partial charge in [-0.2, -0.15) is 0 Å². The Hall–Kier alpha value is -4.05. The molecule has 0 aliphatic rings. The Bertz CT molecular complexity index is 1470. The number of anilines is 1. The van der Waals surface area contributed by atoms with Crippen molar-refractivity contribution >= 4 is 27.5 Å². The number of nitrogens with zero attached hydrogens (tertiary/aromatic N) is 2. The molecule has 0 spiro atoms. The Morgan fingerprint density at radius 2 is 1.52 bits per heavy atom. The lowest BCUT2D eigenvalue weighted by Gasteiger charge is -2.34. The second kappa shape index (κ2) is 13.7. The average molecular weight is 596 g/mol. The first-order valence-corrected chi connectivity index (χ1v) is 15.2. The van der Waals surface area contributed by atoms with Crippen molar-refractivity contribution < 1.29 is 27.5 Å². The molecule has 226 valence electrons. The number of hydrogen-bond donors (Lipinski definition) is 1. The van der Waals surface area contributed by atoms with Gasteiger partial charge in [-0.15, -0.1) is 0 Å². The maximum atomic E-state index is 14.2. The lowest BCUT2D eigenvalue weighted by Crippen LogP contribution is -2.55. The Labute approximate surface area is 249 Å². The van der Waals surface area contributed by atoms with Crippen molar-refractivity contribution in [3.05, 3.63) is 83.9 Å². The minimum absolute atomic E-state index is 0.0496. The molecule has 10 heteroatoms. The molecule has 9 nitrogen and oxygen atoms in total. The maximum Gasteiger partial charge on any atom is 0.264 e. The standard InChI is InChI=1S/C32H41N3O6S/c1-8-29(31(37)33-32(3,4)5)34(21-24-10-9-11-27(20-24)41-7)30(36)22-35(25-14-16-26(40-6)17-15-25)42(38,39)28-18-12-23(2)13-19-28/h9-20,29H,8,21-22H2,1-7H3,(H,33,37)/t29-/m1/s1. The van der Waals surface area contributed by atoms with E-state index < -0.39 is 34.1 Å². The fraction of sp³-hybridized carbons (Fsp3) is 0.375. The van der Waals surface area contributed by atoms with Gasteiger partial charge in [-0.3, -0.25) is 13.9 Å². The molecule has 0 heterocycles. The number of methoxy groups -OCH3 is 2. The molecule has 0 aliphatic carbocycles. The van der Waals surface area contributed by atoms with Gasteiger partial charge in [0.15, 0.2) is 0 Å². The molecular weight excluding hydrogens is 554 g/mol. The van der Waals surface area contributed by atoms with E-state index in [4.69, 9.17) is 9.47 Å². The minimum atomic E-state index is -4.16. The van der Waals surface area contributed by atoms with Gasteiger partial charge in [-0.05, 0) is 88.2 Å². The van der Waals surface area contributed by atoms with Crippen LogP contribution in [0.3, 0.4) is 0 Å². The zero-order valence-corrected chi connectivity index (χ0v) is 26.2. The third-order valence-electron chi connectivity index (χ3n) is 6.62. The fourth-order valence-corrected chi connectivity index (χ4v) is 5.87. The quantitative estimate of drug-likeness (QED) is 0.318. The summed E-state index contributed by atoms with van der Waals surface area (Å²) in [5.74, 6) is 0.301. The van der Waals surface area contributed by atoms with Crippen LogP contribution in [0, 0.1) is 6.92 Å². The van der Waals surface area contributed by atoms with Crippen LogP contribution in [0.15, 0.2) is 77.7 Å². The Morgan fingerprint density at radius 1 is 0.905 bits per heavy atom. The smallest absolute Gasteiger partial charge is 0.264 e. The van der Waals surface area contributed by atoms with E-state index >= 15 is 0 Å². The molecule has 0 aliphatic heterocycles. The minimum Gasteiger partial charge on any atom is -0.497 e. The molecule has 0 bridgehead atoms. The number of amides is 2. The van der Waals surface area contributed by atoms with Gasteiger partial charge in [0.25, 0.3) is 10.0 Å². The molecule has 3 aromatic rings. The number of aryl methyl sites for hydroxylation is 1. The predicted octanol–water partition coefficient (Wildman–Crippen LogP) is 4.93. The van der Waals surface area contributed by atoms with E-state index in [1.165, 1.54) is 24.1 Å². The summed E-state index contributed by atoms with van der Waals surface area (Å²) in [7, 11) is -1.09. The third-order valence-corrected chi connectivity index (χ3v) is 8.41. The van der Waals surface area contributed by atoms with Crippen LogP contribution in [0.25, 0.3) is 0 Å². The van der Waals surface area contributed by atoms with Crippen molar-refractivity contribution in [2.75, 3.05) is 25.1 Å². The summed E-state index contributed by atoms with van der Waals surface area (Å²) in [6.45, 7) is 8.84. The molecule has 0 fully saturated rings. The van der Waals surface area contributed by atoms with E-state index in [0.29, 0.717) is 23.6 Å². The number of hydrogen-bond acceptors (Lipinski definition) is 6. The lowest BCUT2D eigenvalue weighted by atomic mass is 10.1. The van der Waals surface area contributed by atoms with E-state index in [2.05, 4.69) is 5.32 Å². The monoisotopic (exact) mass is 595 g/mol. The largest absolute Gasteiger partial charge is 0.497 e. The highest BCUT2D eigenvalue weighted by Gasteiger charge is 2.34. The summed E-state index contributed by atoms with van der Waals surface area (Å²) < 4.78 is 39.7. The van der Waals surface area contributed by atoms with Crippen molar-refractivity contribution in [1.29, 1.82) is 0 Å². The van der Waals surface area contributed by atoms with Crippen LogP contribution in [-0.4, -0.2) is 57.5 Å². The molecule has 0 saturated carbocycles. The van der Waals surface area contributed by atoms with Crippen molar-refractivity contribution in [3.63, 3.8) is 0 Å². The Balaban J connectivity index is 2.08. The molecule has 0 radical (unpaired) electrons. The van der Waals surface area contributed by atoms with Gasteiger partial charge < -0.3 is 19.7 Å². The zero-order chi connectivity index (χ0) is 31.1. The normalized spacial score (nSPS) is 12.3. The van der Waals surface area contributed by atoms with E-state index in [1.54, 1.807) is 61.7 Å². The number of carbonyl (C=O) groups is 2. The third kappa shape index (κ3) is 8.25. The molecule has 0 saturated heterocycles. The van der Waals surface area contributed by atoms with Crippen LogP contribution in [0.5, 0.6) is 11.5 Å². The average Bonchev–Trinajstić information content (AvgIpc) is 2.95. The van der Waals surface area contributed by atoms with Crippen molar-refractivity contribution in [1.82, 2.24) is 10.2 Å². The Morgan fingerprint density at radius 3 is 2.07 bits per heavy atom. The Kier molecular flexibility index (Phi) is 10.6. The van der Waals surface area contributed by atoms with E-state index in [9.17, 15) is 18.0 Å². The number of nitrogens with one attached hydrogen (secondary N) is 1. The SMILES string of the molecule is CC[C@H](C(=O)NC(C)(C)C)N(Cc1cccc(OC)c1)C(=O)CN(c1ccc(OC)cc1)S(=O)(=O)c1ccc(C)cc1. The number of carbonyl (C=O) groups excluding carboxylic acids is 2. The van der Waals surface area contributed by atoms with Crippen LogP contribution in [-0.2, 0) is 26.2 Å². The highest BCUT2D eigenvalue weighted by atomic mass is 32.2. The van der Waals surface area contributed by atoms with E-state index in [1.807, 2.05) is 40.7 Å². The molecule has 1 N–H and O–H groups in total. The lowest BCUT2D eigenvalue weighted by molar-refractivity contribution is -0.141. The second-order valence-corrected chi connectivity index (χ2v) is 12.9. The first-order chi connectivity index (χ1) is 19.8. The van der Waals surface area contributed by atoms with Crippen molar-refractivity contribution in [2.45, 2.75) is 64.1 Å². The van der Waals surface area contributed by atoms with Crippen LogP contribution >= 0.6 is 0 Å². The highest BCUT2D eigenvalue weighted by Crippen LogP contribution is 2.27. The fourth-order valence-electron chi connectivity index (χ4n) is 4.45. The molecule has 0 unspecified atom stereocenters. The maximum absolute atomic E-state index is 14.2. The molecule has 42 heavy (non-hydrogen) atoms. The van der Waals surface area contributed by atoms with Gasteiger partial charge in [0.2, 0.25) is 11.8 Å². The van der Waals surface area contributed by atoms with Gasteiger partial charge in [0, 0.05) is 12.1 Å². The summed E-state index contributed by atoms with van der Waals surface area (Å²) in [4.78, 5) is 29.1. The first-order valence-electron chi connectivity index (χ1n) is 13.8. The zero-order valence-electron chi connectivity index (χ0n) is 25.4. The van der Waals surface area contributed by atoms with Gasteiger partial charge >= 0.3 is 0 Å². The van der Waals surface area contributed by atoms with Crippen LogP contribution in [0.2, 0.25) is 0 Å². The highest BCUT2D eigenvalue weighted by molar-refractivity contribution is 7.92. The van der Waals surface area contributed by atoms with Crippen molar-refractivity contribution in [2.24, 2.45) is 0 Å². The van der Waals surface area contributed by atoms with Gasteiger partial charge in [0.05, 0.1) is 24.8 Å².